The SMILES string of the molecule is c1ccc(-c2ccc(Cc3ncc4cn[nH]c4n3)cc2)nc1. The van der Waals surface area contributed by atoms with E-state index in [-0.39, 0.29) is 0 Å². The molecule has 0 aliphatic carbocycles. The highest BCUT2D eigenvalue weighted by Gasteiger charge is 2.04. The summed E-state index contributed by atoms with van der Waals surface area (Å²) in [6, 6.07) is 14.2. The Labute approximate surface area is 127 Å². The first kappa shape index (κ1) is 12.6. The molecule has 4 rings (SSSR count). The number of aromatic nitrogens is 5. The molecule has 4 aromatic rings. The number of nitrogens with one attached hydrogen (secondary N) is 1. The van der Waals surface area contributed by atoms with Crippen LogP contribution in [0.1, 0.15) is 11.4 Å². The molecule has 22 heavy (non-hydrogen) atoms. The van der Waals surface area contributed by atoms with Gasteiger partial charge in [-0.2, -0.15) is 5.10 Å². The third-order valence-corrected chi connectivity index (χ3v) is 3.52. The van der Waals surface area contributed by atoms with Crippen molar-refractivity contribution in [3.8, 4) is 11.3 Å². The van der Waals surface area contributed by atoms with Gasteiger partial charge >= 0.3 is 0 Å². The third kappa shape index (κ3) is 2.44. The number of fused-ring (bicyclic) bond motifs is 1. The molecule has 0 radical (unpaired) electrons. The Kier molecular flexibility index (Phi) is 3.08. The zero-order valence-corrected chi connectivity index (χ0v) is 11.8. The van der Waals surface area contributed by atoms with E-state index in [0.29, 0.717) is 6.42 Å². The van der Waals surface area contributed by atoms with Gasteiger partial charge in [-0.15, -0.1) is 0 Å². The van der Waals surface area contributed by atoms with Crippen molar-refractivity contribution in [1.29, 1.82) is 0 Å². The number of pyridine rings is 1. The first-order valence-electron chi connectivity index (χ1n) is 7.04. The van der Waals surface area contributed by atoms with E-state index in [1.54, 1.807) is 18.6 Å². The first-order valence-corrected chi connectivity index (χ1v) is 7.04. The van der Waals surface area contributed by atoms with Gasteiger partial charge in [-0.05, 0) is 17.7 Å². The van der Waals surface area contributed by atoms with Gasteiger partial charge in [0, 0.05) is 24.4 Å². The van der Waals surface area contributed by atoms with Crippen LogP contribution in [0.15, 0.2) is 61.1 Å². The topological polar surface area (TPSA) is 67.3 Å². The zero-order valence-electron chi connectivity index (χ0n) is 11.8. The largest absolute Gasteiger partial charge is 0.261 e. The molecule has 1 N–H and O–H groups in total. The summed E-state index contributed by atoms with van der Waals surface area (Å²) in [7, 11) is 0. The monoisotopic (exact) mass is 287 g/mol. The van der Waals surface area contributed by atoms with E-state index in [0.717, 1.165) is 28.1 Å². The maximum atomic E-state index is 4.47. The van der Waals surface area contributed by atoms with Gasteiger partial charge in [0.2, 0.25) is 0 Å². The highest BCUT2D eigenvalue weighted by molar-refractivity contribution is 5.72. The van der Waals surface area contributed by atoms with Crippen LogP contribution in [0.2, 0.25) is 0 Å². The lowest BCUT2D eigenvalue weighted by Gasteiger charge is -2.03. The normalized spacial score (nSPS) is 10.9. The van der Waals surface area contributed by atoms with Gasteiger partial charge in [0.1, 0.15) is 5.82 Å². The van der Waals surface area contributed by atoms with Crippen LogP contribution in [0.5, 0.6) is 0 Å². The van der Waals surface area contributed by atoms with Crippen molar-refractivity contribution >= 4 is 11.0 Å². The molecule has 0 unspecified atom stereocenters. The summed E-state index contributed by atoms with van der Waals surface area (Å²) in [6.45, 7) is 0. The fourth-order valence-corrected chi connectivity index (χ4v) is 2.37. The van der Waals surface area contributed by atoms with Crippen LogP contribution in [-0.4, -0.2) is 25.1 Å². The number of aromatic amines is 1. The van der Waals surface area contributed by atoms with Crippen LogP contribution in [0.25, 0.3) is 22.3 Å². The molecule has 106 valence electrons. The smallest absolute Gasteiger partial charge is 0.158 e. The Balaban J connectivity index is 1.58. The minimum atomic E-state index is 0.692. The number of H-pyrrole nitrogens is 1. The molecule has 0 amide bonds. The second-order valence-corrected chi connectivity index (χ2v) is 5.05. The van der Waals surface area contributed by atoms with E-state index in [4.69, 9.17) is 0 Å². The van der Waals surface area contributed by atoms with Crippen LogP contribution in [0.3, 0.4) is 0 Å². The molecule has 0 aliphatic heterocycles. The molecule has 0 atom stereocenters. The van der Waals surface area contributed by atoms with Gasteiger partial charge in [-0.1, -0.05) is 30.3 Å². The van der Waals surface area contributed by atoms with Gasteiger partial charge in [0.15, 0.2) is 5.65 Å². The first-order chi connectivity index (χ1) is 10.9. The summed E-state index contributed by atoms with van der Waals surface area (Å²) < 4.78 is 0. The van der Waals surface area contributed by atoms with Crippen LogP contribution in [0, 0.1) is 0 Å². The molecule has 0 aliphatic rings. The van der Waals surface area contributed by atoms with Crippen molar-refractivity contribution in [2.45, 2.75) is 6.42 Å². The highest BCUT2D eigenvalue weighted by Crippen LogP contribution is 2.18. The highest BCUT2D eigenvalue weighted by atomic mass is 15.1. The Hall–Kier alpha value is -3.08. The maximum Gasteiger partial charge on any atom is 0.158 e. The Morgan fingerprint density at radius 3 is 2.64 bits per heavy atom. The Bertz CT molecular complexity index is 897. The van der Waals surface area contributed by atoms with Crippen molar-refractivity contribution < 1.29 is 0 Å². The second-order valence-electron chi connectivity index (χ2n) is 5.05. The molecule has 5 heteroatoms. The van der Waals surface area contributed by atoms with Crippen LogP contribution < -0.4 is 0 Å². The van der Waals surface area contributed by atoms with Crippen molar-refractivity contribution in [3.63, 3.8) is 0 Å². The average Bonchev–Trinajstić information content (AvgIpc) is 3.04. The van der Waals surface area contributed by atoms with Gasteiger partial charge in [-0.25, -0.2) is 9.97 Å². The molecule has 0 saturated carbocycles. The third-order valence-electron chi connectivity index (χ3n) is 3.52. The average molecular weight is 287 g/mol. The standard InChI is InChI=1S/C17H13N5/c1-2-8-18-15(3-1)13-6-4-12(5-7-13)9-16-19-10-14-11-20-22-17(14)21-16/h1-8,10-11H,9H2,(H,19,20,21,22). The van der Waals surface area contributed by atoms with Crippen LogP contribution in [-0.2, 0) is 6.42 Å². The Morgan fingerprint density at radius 2 is 1.82 bits per heavy atom. The summed E-state index contributed by atoms with van der Waals surface area (Å²) in [5, 5.41) is 7.75. The molecular weight excluding hydrogens is 274 g/mol. The maximum absolute atomic E-state index is 4.47. The fourth-order valence-electron chi connectivity index (χ4n) is 2.37. The lowest BCUT2D eigenvalue weighted by atomic mass is 10.1. The molecule has 3 aromatic heterocycles. The van der Waals surface area contributed by atoms with E-state index < -0.39 is 0 Å². The van der Waals surface area contributed by atoms with E-state index in [9.17, 15) is 0 Å². The van der Waals surface area contributed by atoms with Crippen molar-refractivity contribution in [3.05, 3.63) is 72.4 Å². The molecule has 0 saturated heterocycles. The summed E-state index contributed by atoms with van der Waals surface area (Å²) in [4.78, 5) is 13.2. The lowest BCUT2D eigenvalue weighted by molar-refractivity contribution is 0.978. The van der Waals surface area contributed by atoms with Crippen molar-refractivity contribution in [2.75, 3.05) is 0 Å². The number of hydrogen-bond donors (Lipinski definition) is 1. The number of rotatable bonds is 3. The predicted molar refractivity (Wildman–Crippen MR) is 84.2 cm³/mol. The van der Waals surface area contributed by atoms with Gasteiger partial charge in [-0.3, -0.25) is 10.1 Å². The lowest BCUT2D eigenvalue weighted by Crippen LogP contribution is -1.96. The predicted octanol–water partition coefficient (Wildman–Crippen LogP) is 3.01. The van der Waals surface area contributed by atoms with Crippen molar-refractivity contribution in [2.24, 2.45) is 0 Å². The number of nitrogens with zero attached hydrogens (tertiary/aromatic N) is 4. The summed E-state index contributed by atoms with van der Waals surface area (Å²) in [6.07, 6.45) is 6.01. The van der Waals surface area contributed by atoms with Gasteiger partial charge in [0.05, 0.1) is 17.3 Å². The zero-order chi connectivity index (χ0) is 14.8. The van der Waals surface area contributed by atoms with E-state index in [1.165, 1.54) is 5.56 Å². The molecule has 0 spiro atoms. The molecule has 0 bridgehead atoms. The van der Waals surface area contributed by atoms with E-state index in [2.05, 4.69) is 49.4 Å². The fraction of sp³-hybridized carbons (Fsp3) is 0.0588. The van der Waals surface area contributed by atoms with Crippen molar-refractivity contribution in [1.82, 2.24) is 25.1 Å². The molecule has 5 nitrogen and oxygen atoms in total. The molecular formula is C17H13N5. The minimum absolute atomic E-state index is 0.692. The van der Waals surface area contributed by atoms with Crippen LogP contribution >= 0.6 is 0 Å². The minimum Gasteiger partial charge on any atom is -0.261 e. The second kappa shape index (κ2) is 5.37. The number of benzene rings is 1. The summed E-state index contributed by atoms with van der Waals surface area (Å²) >= 11 is 0. The summed E-state index contributed by atoms with van der Waals surface area (Å²) in [5.74, 6) is 0.780. The van der Waals surface area contributed by atoms with E-state index in [1.807, 2.05) is 18.2 Å². The van der Waals surface area contributed by atoms with E-state index >= 15 is 0 Å². The van der Waals surface area contributed by atoms with Crippen LogP contribution in [0.4, 0.5) is 0 Å². The van der Waals surface area contributed by atoms with Gasteiger partial charge < -0.3 is 0 Å². The molecule has 0 fully saturated rings. The molecule has 3 heterocycles. The molecule has 1 aromatic carbocycles. The number of hydrogen-bond acceptors (Lipinski definition) is 4. The quantitative estimate of drug-likeness (QED) is 0.629. The summed E-state index contributed by atoms with van der Waals surface area (Å²) in [5.41, 5.74) is 4.02. The van der Waals surface area contributed by atoms with Gasteiger partial charge in [0.25, 0.3) is 0 Å². The Morgan fingerprint density at radius 1 is 0.909 bits per heavy atom.